The Hall–Kier alpha value is -3.22. The van der Waals surface area contributed by atoms with Crippen LogP contribution in [0, 0.1) is 5.92 Å². The van der Waals surface area contributed by atoms with Crippen molar-refractivity contribution in [3.05, 3.63) is 54.4 Å². The van der Waals surface area contributed by atoms with Gasteiger partial charge in [-0.2, -0.15) is 0 Å². The van der Waals surface area contributed by atoms with Crippen LogP contribution in [0.1, 0.15) is 31.2 Å². The number of hydrogen-bond donors (Lipinski definition) is 1. The molecule has 7 heteroatoms. The number of nitrogens with zero attached hydrogens (tertiary/aromatic N) is 3. The Balaban J connectivity index is 1.26. The fourth-order valence-corrected chi connectivity index (χ4v) is 4.07. The van der Waals surface area contributed by atoms with Crippen molar-refractivity contribution < 1.29 is 14.4 Å². The average molecular weight is 406 g/mol. The minimum Gasteiger partial charge on any atom is -0.342 e. The van der Waals surface area contributed by atoms with Gasteiger partial charge < -0.3 is 15.1 Å². The Morgan fingerprint density at radius 1 is 1.00 bits per heavy atom. The average Bonchev–Trinajstić information content (AvgIpc) is 3.21. The molecule has 1 aromatic carbocycles. The van der Waals surface area contributed by atoms with E-state index in [1.54, 1.807) is 29.4 Å². The van der Waals surface area contributed by atoms with E-state index in [0.29, 0.717) is 38.8 Å². The lowest BCUT2D eigenvalue weighted by atomic mass is 9.95. The molecule has 0 unspecified atom stereocenters. The highest BCUT2D eigenvalue weighted by Gasteiger charge is 2.27. The molecule has 1 aromatic heterocycles. The Morgan fingerprint density at radius 2 is 1.70 bits per heavy atom. The second-order valence-electron chi connectivity index (χ2n) is 7.87. The van der Waals surface area contributed by atoms with Gasteiger partial charge in [-0.05, 0) is 49.1 Å². The third-order valence-electron chi connectivity index (χ3n) is 5.84. The summed E-state index contributed by atoms with van der Waals surface area (Å²) in [5.74, 6) is 0.155. The molecule has 0 spiro atoms. The number of likely N-dealkylation sites (tertiary alicyclic amines) is 1. The summed E-state index contributed by atoms with van der Waals surface area (Å²) in [5.41, 5.74) is 2.58. The number of amides is 3. The van der Waals surface area contributed by atoms with Crippen molar-refractivity contribution in [3.63, 3.8) is 0 Å². The van der Waals surface area contributed by atoms with Gasteiger partial charge in [0.25, 0.3) is 0 Å². The fraction of sp³-hybridized carbons (Fsp3) is 0.391. The Kier molecular flexibility index (Phi) is 6.07. The molecule has 7 nitrogen and oxygen atoms in total. The predicted molar refractivity (Wildman–Crippen MR) is 114 cm³/mol. The summed E-state index contributed by atoms with van der Waals surface area (Å²) in [4.78, 5) is 44.6. The first-order chi connectivity index (χ1) is 14.6. The zero-order chi connectivity index (χ0) is 20.9. The highest BCUT2D eigenvalue weighted by atomic mass is 16.2. The van der Waals surface area contributed by atoms with Crippen molar-refractivity contribution >= 4 is 29.1 Å². The van der Waals surface area contributed by atoms with Crippen LogP contribution in [0.15, 0.2) is 48.8 Å². The molecule has 2 fully saturated rings. The molecule has 156 valence electrons. The molecule has 0 atom stereocenters. The zero-order valence-electron chi connectivity index (χ0n) is 16.9. The van der Waals surface area contributed by atoms with Crippen molar-refractivity contribution in [2.75, 3.05) is 29.9 Å². The SMILES string of the molecule is O=C(Nc1ccncc1)C1CCN(C(=O)Cc2ccc(N3CCCC3=O)cc2)CC1. The molecule has 0 radical (unpaired) electrons. The van der Waals surface area contributed by atoms with Crippen LogP contribution in [-0.2, 0) is 20.8 Å². The summed E-state index contributed by atoms with van der Waals surface area (Å²) in [6.07, 6.45) is 6.46. The number of piperidine rings is 1. The maximum absolute atomic E-state index is 12.7. The van der Waals surface area contributed by atoms with Gasteiger partial charge in [0.2, 0.25) is 17.7 Å². The summed E-state index contributed by atoms with van der Waals surface area (Å²) in [7, 11) is 0. The highest BCUT2D eigenvalue weighted by molar-refractivity contribution is 5.95. The second kappa shape index (κ2) is 9.07. The first-order valence-corrected chi connectivity index (χ1v) is 10.5. The van der Waals surface area contributed by atoms with E-state index in [1.807, 2.05) is 29.2 Å². The van der Waals surface area contributed by atoms with Crippen LogP contribution in [-0.4, -0.2) is 47.2 Å². The summed E-state index contributed by atoms with van der Waals surface area (Å²) in [5, 5.41) is 2.92. The standard InChI is InChI=1S/C23H26N4O3/c28-21-2-1-13-27(21)20-5-3-17(4-6-20)16-22(29)26-14-9-18(10-15-26)23(30)25-19-7-11-24-12-8-19/h3-8,11-12,18H,1-2,9-10,13-16H2,(H,24,25,30). The van der Waals surface area contributed by atoms with Gasteiger partial charge in [0, 0.05) is 55.7 Å². The molecule has 1 N–H and O–H groups in total. The van der Waals surface area contributed by atoms with Crippen LogP contribution < -0.4 is 10.2 Å². The normalized spacial score (nSPS) is 17.3. The molecular weight excluding hydrogens is 380 g/mol. The Bertz CT molecular complexity index is 906. The van der Waals surface area contributed by atoms with E-state index in [2.05, 4.69) is 10.3 Å². The first-order valence-electron chi connectivity index (χ1n) is 10.5. The molecule has 30 heavy (non-hydrogen) atoms. The maximum Gasteiger partial charge on any atom is 0.227 e. The predicted octanol–water partition coefficient (Wildman–Crippen LogP) is 2.63. The van der Waals surface area contributed by atoms with Crippen molar-refractivity contribution in [2.24, 2.45) is 5.92 Å². The van der Waals surface area contributed by atoms with E-state index in [4.69, 9.17) is 0 Å². The summed E-state index contributed by atoms with van der Waals surface area (Å²) in [6, 6.07) is 11.2. The van der Waals surface area contributed by atoms with E-state index < -0.39 is 0 Å². The minimum atomic E-state index is -0.0838. The molecule has 3 amide bonds. The van der Waals surface area contributed by atoms with Crippen LogP contribution >= 0.6 is 0 Å². The molecular formula is C23H26N4O3. The van der Waals surface area contributed by atoms with Gasteiger partial charge in [-0.1, -0.05) is 12.1 Å². The number of nitrogens with one attached hydrogen (secondary N) is 1. The molecule has 0 aliphatic carbocycles. The topological polar surface area (TPSA) is 82.6 Å². The van der Waals surface area contributed by atoms with E-state index in [1.165, 1.54) is 0 Å². The van der Waals surface area contributed by atoms with Gasteiger partial charge in [0.05, 0.1) is 6.42 Å². The largest absolute Gasteiger partial charge is 0.342 e. The fourth-order valence-electron chi connectivity index (χ4n) is 4.07. The molecule has 2 aliphatic heterocycles. The molecule has 0 saturated carbocycles. The van der Waals surface area contributed by atoms with Gasteiger partial charge in [0.1, 0.15) is 0 Å². The quantitative estimate of drug-likeness (QED) is 0.828. The lowest BCUT2D eigenvalue weighted by molar-refractivity contribution is -0.133. The Labute approximate surface area is 176 Å². The van der Waals surface area contributed by atoms with Crippen molar-refractivity contribution in [1.82, 2.24) is 9.88 Å². The van der Waals surface area contributed by atoms with E-state index >= 15 is 0 Å². The minimum absolute atomic E-state index is 0.000322. The summed E-state index contributed by atoms with van der Waals surface area (Å²) in [6.45, 7) is 1.95. The third kappa shape index (κ3) is 4.67. The monoisotopic (exact) mass is 406 g/mol. The smallest absolute Gasteiger partial charge is 0.227 e. The number of carbonyl (C=O) groups is 3. The molecule has 2 aliphatic rings. The number of rotatable bonds is 5. The molecule has 4 rings (SSSR count). The van der Waals surface area contributed by atoms with Crippen LogP contribution in [0.4, 0.5) is 11.4 Å². The molecule has 2 aromatic rings. The number of hydrogen-bond acceptors (Lipinski definition) is 4. The van der Waals surface area contributed by atoms with Crippen molar-refractivity contribution in [2.45, 2.75) is 32.1 Å². The molecule has 3 heterocycles. The van der Waals surface area contributed by atoms with Crippen LogP contribution in [0.2, 0.25) is 0 Å². The van der Waals surface area contributed by atoms with Gasteiger partial charge in [-0.15, -0.1) is 0 Å². The lowest BCUT2D eigenvalue weighted by Crippen LogP contribution is -2.42. The number of anilines is 2. The number of carbonyl (C=O) groups excluding carboxylic acids is 3. The van der Waals surface area contributed by atoms with Crippen molar-refractivity contribution in [3.8, 4) is 0 Å². The molecule has 0 bridgehead atoms. The summed E-state index contributed by atoms with van der Waals surface area (Å²) < 4.78 is 0. The van der Waals surface area contributed by atoms with E-state index in [-0.39, 0.29) is 23.6 Å². The van der Waals surface area contributed by atoms with Crippen LogP contribution in [0.3, 0.4) is 0 Å². The van der Waals surface area contributed by atoms with Gasteiger partial charge in [0.15, 0.2) is 0 Å². The van der Waals surface area contributed by atoms with Crippen molar-refractivity contribution in [1.29, 1.82) is 0 Å². The third-order valence-corrected chi connectivity index (χ3v) is 5.84. The van der Waals surface area contributed by atoms with Gasteiger partial charge in [-0.3, -0.25) is 19.4 Å². The highest BCUT2D eigenvalue weighted by Crippen LogP contribution is 2.23. The zero-order valence-corrected chi connectivity index (χ0v) is 16.9. The van der Waals surface area contributed by atoms with E-state index in [0.717, 1.165) is 29.9 Å². The number of aromatic nitrogens is 1. The first kappa shape index (κ1) is 20.1. The van der Waals surface area contributed by atoms with Gasteiger partial charge >= 0.3 is 0 Å². The second-order valence-corrected chi connectivity index (χ2v) is 7.87. The lowest BCUT2D eigenvalue weighted by Gasteiger charge is -2.31. The van der Waals surface area contributed by atoms with E-state index in [9.17, 15) is 14.4 Å². The Morgan fingerprint density at radius 3 is 2.33 bits per heavy atom. The number of pyridine rings is 1. The maximum atomic E-state index is 12.7. The van der Waals surface area contributed by atoms with Crippen LogP contribution in [0.5, 0.6) is 0 Å². The summed E-state index contributed by atoms with van der Waals surface area (Å²) >= 11 is 0. The molecule has 2 saturated heterocycles. The number of benzene rings is 1. The van der Waals surface area contributed by atoms with Gasteiger partial charge in [-0.25, -0.2) is 0 Å². The van der Waals surface area contributed by atoms with Crippen LogP contribution in [0.25, 0.3) is 0 Å².